The third-order valence-corrected chi connectivity index (χ3v) is 1.78. The number of hydrogen-bond donors (Lipinski definition) is 2. The topological polar surface area (TPSA) is 60.2 Å². The van der Waals surface area contributed by atoms with Gasteiger partial charge >= 0.3 is 0 Å². The van der Waals surface area contributed by atoms with Gasteiger partial charge in [0.2, 0.25) is 0 Å². The van der Waals surface area contributed by atoms with Crippen molar-refractivity contribution in [3.8, 4) is 0 Å². The molecule has 0 spiro atoms. The maximum absolute atomic E-state index is 10.3. The molecule has 0 heterocycles. The summed E-state index contributed by atoms with van der Waals surface area (Å²) in [5, 5.41) is 0. The minimum Gasteiger partial charge on any atom is -0.399 e. The van der Waals surface area contributed by atoms with Crippen molar-refractivity contribution < 1.29 is 8.42 Å². The van der Waals surface area contributed by atoms with Crippen molar-refractivity contribution in [3.63, 3.8) is 0 Å². The van der Waals surface area contributed by atoms with Gasteiger partial charge in [0.25, 0.3) is 0 Å². The Hall–Kier alpha value is -1.29. The predicted molar refractivity (Wildman–Crippen MR) is 50.7 cm³/mol. The fourth-order valence-electron chi connectivity index (χ4n) is 0.638. The van der Waals surface area contributed by atoms with Crippen LogP contribution in [0.5, 0.6) is 0 Å². The average molecular weight is 185 g/mol. The van der Waals surface area contributed by atoms with Crippen LogP contribution >= 0.6 is 0 Å². The number of benzene rings is 1. The second-order valence-corrected chi connectivity index (χ2v) is 2.88. The van der Waals surface area contributed by atoms with Gasteiger partial charge in [-0.2, -0.15) is 0 Å². The SMILES string of the molecule is C=C.Nc1cccc([SH](=O)=O)c1. The minimum atomic E-state index is -2.49. The summed E-state index contributed by atoms with van der Waals surface area (Å²) < 4.78 is 20.7. The van der Waals surface area contributed by atoms with Gasteiger partial charge in [-0.15, -0.1) is 13.2 Å². The van der Waals surface area contributed by atoms with Crippen molar-refractivity contribution in [2.75, 3.05) is 5.73 Å². The molecule has 1 aromatic carbocycles. The van der Waals surface area contributed by atoms with E-state index in [-0.39, 0.29) is 4.90 Å². The zero-order chi connectivity index (χ0) is 9.56. The third kappa shape index (κ3) is 3.21. The highest BCUT2D eigenvalue weighted by Crippen LogP contribution is 2.06. The van der Waals surface area contributed by atoms with Crippen LogP contribution in [-0.4, -0.2) is 8.42 Å². The molecule has 0 atom stereocenters. The maximum atomic E-state index is 10.3. The quantitative estimate of drug-likeness (QED) is 0.390. The molecule has 1 aromatic rings. The summed E-state index contributed by atoms with van der Waals surface area (Å²) in [5.74, 6) is 0. The highest BCUT2D eigenvalue weighted by molar-refractivity contribution is 7.72. The Morgan fingerprint density at radius 2 is 1.83 bits per heavy atom. The summed E-state index contributed by atoms with van der Waals surface area (Å²) in [6.45, 7) is 6.00. The van der Waals surface area contributed by atoms with Gasteiger partial charge in [0.15, 0.2) is 10.7 Å². The van der Waals surface area contributed by atoms with Gasteiger partial charge in [-0.1, -0.05) is 6.07 Å². The fraction of sp³-hybridized carbons (Fsp3) is 0. The van der Waals surface area contributed by atoms with Crippen molar-refractivity contribution in [3.05, 3.63) is 37.4 Å². The van der Waals surface area contributed by atoms with E-state index in [9.17, 15) is 8.42 Å². The van der Waals surface area contributed by atoms with Gasteiger partial charge in [0, 0.05) is 5.69 Å². The summed E-state index contributed by atoms with van der Waals surface area (Å²) in [5.41, 5.74) is 5.80. The summed E-state index contributed by atoms with van der Waals surface area (Å²) in [6, 6.07) is 6.17. The summed E-state index contributed by atoms with van der Waals surface area (Å²) in [6.07, 6.45) is 0. The van der Waals surface area contributed by atoms with Crippen molar-refractivity contribution in [2.45, 2.75) is 4.90 Å². The molecular formula is C8H11NO2S. The van der Waals surface area contributed by atoms with Crippen LogP contribution in [0, 0.1) is 0 Å². The highest BCUT2D eigenvalue weighted by atomic mass is 32.2. The second-order valence-electron chi connectivity index (χ2n) is 1.85. The fourth-order valence-corrected chi connectivity index (χ4v) is 1.10. The van der Waals surface area contributed by atoms with Gasteiger partial charge < -0.3 is 5.73 Å². The Bertz CT molecular complexity index is 313. The van der Waals surface area contributed by atoms with Crippen molar-refractivity contribution in [1.82, 2.24) is 0 Å². The van der Waals surface area contributed by atoms with Crippen molar-refractivity contribution >= 4 is 16.4 Å². The van der Waals surface area contributed by atoms with Crippen LogP contribution in [0.15, 0.2) is 42.3 Å². The van der Waals surface area contributed by atoms with Crippen LogP contribution in [-0.2, 0) is 10.7 Å². The Morgan fingerprint density at radius 1 is 1.25 bits per heavy atom. The van der Waals surface area contributed by atoms with E-state index < -0.39 is 10.7 Å². The zero-order valence-electron chi connectivity index (χ0n) is 6.56. The molecule has 4 heteroatoms. The smallest absolute Gasteiger partial charge is 0.168 e. The molecule has 0 aliphatic rings. The van der Waals surface area contributed by atoms with Crippen LogP contribution in [0.2, 0.25) is 0 Å². The normalized spacial score (nSPS) is 8.75. The molecule has 0 aromatic heterocycles. The molecule has 66 valence electrons. The molecule has 0 amide bonds. The van der Waals surface area contributed by atoms with E-state index in [4.69, 9.17) is 5.73 Å². The highest BCUT2D eigenvalue weighted by Gasteiger charge is 1.92. The van der Waals surface area contributed by atoms with Gasteiger partial charge in [-0.3, -0.25) is 0 Å². The van der Waals surface area contributed by atoms with Crippen LogP contribution in [0.1, 0.15) is 0 Å². The minimum absolute atomic E-state index is 0.259. The first-order valence-electron chi connectivity index (χ1n) is 3.20. The number of hydrogen-bond acceptors (Lipinski definition) is 3. The van der Waals surface area contributed by atoms with E-state index in [1.807, 2.05) is 0 Å². The predicted octanol–water partition coefficient (Wildman–Crippen LogP) is 1.04. The average Bonchev–Trinajstić information content (AvgIpc) is 2.08. The Kier molecular flexibility index (Phi) is 4.79. The van der Waals surface area contributed by atoms with Gasteiger partial charge in [-0.05, 0) is 18.2 Å². The van der Waals surface area contributed by atoms with Crippen LogP contribution in [0.3, 0.4) is 0 Å². The van der Waals surface area contributed by atoms with E-state index in [2.05, 4.69) is 13.2 Å². The lowest BCUT2D eigenvalue weighted by Gasteiger charge is -1.91. The number of nitrogen functional groups attached to an aromatic ring is 1. The van der Waals surface area contributed by atoms with Gasteiger partial charge in [-0.25, -0.2) is 8.42 Å². The lowest BCUT2D eigenvalue weighted by atomic mass is 10.3. The first-order chi connectivity index (χ1) is 5.70. The molecule has 0 radical (unpaired) electrons. The number of anilines is 1. The summed E-state index contributed by atoms with van der Waals surface area (Å²) in [4.78, 5) is 0.259. The molecule has 0 aliphatic carbocycles. The second kappa shape index (κ2) is 5.37. The molecule has 0 bridgehead atoms. The van der Waals surface area contributed by atoms with E-state index in [0.717, 1.165) is 0 Å². The first kappa shape index (κ1) is 10.7. The maximum Gasteiger partial charge on any atom is 0.168 e. The van der Waals surface area contributed by atoms with Crippen molar-refractivity contribution in [1.29, 1.82) is 0 Å². The monoisotopic (exact) mass is 185 g/mol. The molecule has 1 rings (SSSR count). The molecule has 12 heavy (non-hydrogen) atoms. The first-order valence-corrected chi connectivity index (χ1v) is 4.38. The zero-order valence-corrected chi connectivity index (χ0v) is 7.46. The Balaban J connectivity index is 0.000000561. The summed E-state index contributed by atoms with van der Waals surface area (Å²) in [7, 11) is -2.49. The van der Waals surface area contributed by atoms with Gasteiger partial charge in [0.1, 0.15) is 0 Å². The molecule has 0 saturated carbocycles. The van der Waals surface area contributed by atoms with E-state index in [1.54, 1.807) is 12.1 Å². The van der Waals surface area contributed by atoms with E-state index in [1.165, 1.54) is 12.1 Å². The molecule has 0 saturated heterocycles. The van der Waals surface area contributed by atoms with Gasteiger partial charge in [0.05, 0.1) is 4.90 Å². The van der Waals surface area contributed by atoms with Crippen LogP contribution in [0.25, 0.3) is 0 Å². The Labute approximate surface area is 73.5 Å². The van der Waals surface area contributed by atoms with E-state index in [0.29, 0.717) is 5.69 Å². The molecule has 0 aliphatic heterocycles. The number of rotatable bonds is 1. The number of nitrogens with two attached hydrogens (primary N) is 1. The number of thiol groups is 1. The largest absolute Gasteiger partial charge is 0.399 e. The van der Waals surface area contributed by atoms with E-state index >= 15 is 0 Å². The Morgan fingerprint density at radius 3 is 2.17 bits per heavy atom. The van der Waals surface area contributed by atoms with Crippen LogP contribution in [0.4, 0.5) is 5.69 Å². The van der Waals surface area contributed by atoms with Crippen molar-refractivity contribution in [2.24, 2.45) is 0 Å². The molecule has 2 N–H and O–H groups in total. The van der Waals surface area contributed by atoms with Crippen LogP contribution < -0.4 is 5.73 Å². The molecule has 3 nitrogen and oxygen atoms in total. The lowest BCUT2D eigenvalue weighted by Crippen LogP contribution is -1.85. The standard InChI is InChI=1S/C6H7NO2S.C2H4/c7-5-2-1-3-6(4-5)10(8)9;1-2/h1-4,10H,7H2;1-2H2. The molecule has 0 fully saturated rings. The summed E-state index contributed by atoms with van der Waals surface area (Å²) >= 11 is 0. The molecular weight excluding hydrogens is 174 g/mol. The third-order valence-electron chi connectivity index (χ3n) is 1.08. The molecule has 0 unspecified atom stereocenters. The lowest BCUT2D eigenvalue weighted by molar-refractivity contribution is 0.614.